The predicted octanol–water partition coefficient (Wildman–Crippen LogP) is 4.39. The SMILES string of the molecule is N#Cc1ccc(Cl)cc1Nc1cc(Br)nc(C2CC2)n1. The summed E-state index contributed by atoms with van der Waals surface area (Å²) in [7, 11) is 0. The summed E-state index contributed by atoms with van der Waals surface area (Å²) in [6, 6.07) is 9.01. The topological polar surface area (TPSA) is 61.6 Å². The lowest BCUT2D eigenvalue weighted by Crippen LogP contribution is -2.01. The summed E-state index contributed by atoms with van der Waals surface area (Å²) in [5, 5.41) is 12.8. The van der Waals surface area contributed by atoms with Crippen molar-refractivity contribution in [2.24, 2.45) is 0 Å². The molecule has 20 heavy (non-hydrogen) atoms. The van der Waals surface area contributed by atoms with E-state index in [2.05, 4.69) is 37.3 Å². The van der Waals surface area contributed by atoms with Gasteiger partial charge in [-0.3, -0.25) is 0 Å². The number of nitrogens with one attached hydrogen (secondary N) is 1. The van der Waals surface area contributed by atoms with Gasteiger partial charge in [0.15, 0.2) is 0 Å². The van der Waals surface area contributed by atoms with Crippen molar-refractivity contribution in [3.05, 3.63) is 45.3 Å². The minimum absolute atomic E-state index is 0.461. The van der Waals surface area contributed by atoms with Crippen LogP contribution >= 0.6 is 27.5 Å². The third-order valence-corrected chi connectivity index (χ3v) is 3.66. The molecule has 0 spiro atoms. The molecule has 1 aliphatic carbocycles. The minimum atomic E-state index is 0.461. The molecular weight excluding hydrogens is 340 g/mol. The van der Waals surface area contributed by atoms with Crippen molar-refractivity contribution in [1.82, 2.24) is 9.97 Å². The fourth-order valence-corrected chi connectivity index (χ4v) is 2.45. The van der Waals surface area contributed by atoms with Gasteiger partial charge < -0.3 is 5.32 Å². The number of anilines is 2. The first-order valence-corrected chi connectivity index (χ1v) is 7.34. The zero-order valence-electron chi connectivity index (χ0n) is 10.4. The van der Waals surface area contributed by atoms with E-state index in [-0.39, 0.29) is 0 Å². The van der Waals surface area contributed by atoms with Gasteiger partial charge in [0.2, 0.25) is 0 Å². The molecule has 6 heteroatoms. The van der Waals surface area contributed by atoms with Crippen LogP contribution in [0.2, 0.25) is 5.02 Å². The van der Waals surface area contributed by atoms with E-state index in [1.165, 1.54) is 0 Å². The van der Waals surface area contributed by atoms with Gasteiger partial charge in [-0.25, -0.2) is 9.97 Å². The first-order chi connectivity index (χ1) is 9.65. The number of nitrogens with zero attached hydrogens (tertiary/aromatic N) is 3. The Balaban J connectivity index is 1.95. The van der Waals surface area contributed by atoms with E-state index in [0.717, 1.165) is 23.3 Å². The molecule has 1 fully saturated rings. The molecule has 0 aliphatic heterocycles. The smallest absolute Gasteiger partial charge is 0.135 e. The molecule has 0 amide bonds. The van der Waals surface area contributed by atoms with E-state index >= 15 is 0 Å². The number of hydrogen-bond acceptors (Lipinski definition) is 4. The van der Waals surface area contributed by atoms with Gasteiger partial charge in [-0.05, 0) is 47.0 Å². The molecule has 3 rings (SSSR count). The van der Waals surface area contributed by atoms with Crippen LogP contribution in [0.1, 0.15) is 30.1 Å². The fourth-order valence-electron chi connectivity index (χ4n) is 1.88. The fraction of sp³-hybridized carbons (Fsp3) is 0.214. The Labute approximate surface area is 129 Å². The maximum Gasteiger partial charge on any atom is 0.135 e. The van der Waals surface area contributed by atoms with Gasteiger partial charge in [-0.2, -0.15) is 5.26 Å². The Morgan fingerprint density at radius 1 is 1.30 bits per heavy atom. The minimum Gasteiger partial charge on any atom is -0.339 e. The molecule has 100 valence electrons. The van der Waals surface area contributed by atoms with E-state index in [9.17, 15) is 0 Å². The standard InChI is InChI=1S/C14H10BrClN4/c15-12-6-13(20-14(19-12)8-1-2-8)18-11-5-10(16)4-3-9(11)7-17/h3-6,8H,1-2H2,(H,18,19,20). The molecule has 0 saturated heterocycles. The summed E-state index contributed by atoms with van der Waals surface area (Å²) in [5.41, 5.74) is 1.17. The highest BCUT2D eigenvalue weighted by molar-refractivity contribution is 9.10. The first kappa shape index (κ1) is 13.3. The Morgan fingerprint density at radius 2 is 2.10 bits per heavy atom. The largest absolute Gasteiger partial charge is 0.339 e. The van der Waals surface area contributed by atoms with Gasteiger partial charge in [-0.1, -0.05) is 11.6 Å². The van der Waals surface area contributed by atoms with Crippen LogP contribution in [0.25, 0.3) is 0 Å². The summed E-state index contributed by atoms with van der Waals surface area (Å²) < 4.78 is 0.734. The Bertz CT molecular complexity index is 707. The zero-order chi connectivity index (χ0) is 14.1. The molecule has 1 aromatic heterocycles. The molecule has 0 bridgehead atoms. The van der Waals surface area contributed by atoms with Crippen LogP contribution in [0.5, 0.6) is 0 Å². The molecule has 4 nitrogen and oxygen atoms in total. The quantitative estimate of drug-likeness (QED) is 0.835. The van der Waals surface area contributed by atoms with Crippen molar-refractivity contribution < 1.29 is 0 Å². The average molecular weight is 350 g/mol. The lowest BCUT2D eigenvalue weighted by atomic mass is 10.2. The van der Waals surface area contributed by atoms with Crippen LogP contribution in [0.15, 0.2) is 28.9 Å². The van der Waals surface area contributed by atoms with Crippen molar-refractivity contribution in [2.75, 3.05) is 5.32 Å². The summed E-state index contributed by atoms with van der Waals surface area (Å²) >= 11 is 9.36. The van der Waals surface area contributed by atoms with E-state index in [4.69, 9.17) is 16.9 Å². The first-order valence-electron chi connectivity index (χ1n) is 6.17. The average Bonchev–Trinajstić information content (AvgIpc) is 3.22. The molecular formula is C14H10BrClN4. The Hall–Kier alpha value is -1.64. The third-order valence-electron chi connectivity index (χ3n) is 3.02. The lowest BCUT2D eigenvalue weighted by molar-refractivity contribution is 0.919. The van der Waals surface area contributed by atoms with Gasteiger partial charge in [0.05, 0.1) is 11.3 Å². The number of halogens is 2. The zero-order valence-corrected chi connectivity index (χ0v) is 12.7. The summed E-state index contributed by atoms with van der Waals surface area (Å²) in [6.45, 7) is 0. The summed E-state index contributed by atoms with van der Waals surface area (Å²) in [4.78, 5) is 8.86. The highest BCUT2D eigenvalue weighted by Gasteiger charge is 2.27. The van der Waals surface area contributed by atoms with Crippen molar-refractivity contribution in [2.45, 2.75) is 18.8 Å². The van der Waals surface area contributed by atoms with Crippen LogP contribution in [0, 0.1) is 11.3 Å². The number of aromatic nitrogens is 2. The molecule has 0 radical (unpaired) electrons. The molecule has 1 N–H and O–H groups in total. The van der Waals surface area contributed by atoms with E-state index < -0.39 is 0 Å². The van der Waals surface area contributed by atoms with Crippen LogP contribution in [-0.2, 0) is 0 Å². The van der Waals surface area contributed by atoms with Crippen molar-refractivity contribution in [3.63, 3.8) is 0 Å². The van der Waals surface area contributed by atoms with Crippen LogP contribution in [0.4, 0.5) is 11.5 Å². The molecule has 0 unspecified atom stereocenters. The highest BCUT2D eigenvalue weighted by Crippen LogP contribution is 2.39. The molecule has 1 saturated carbocycles. The molecule has 1 heterocycles. The van der Waals surface area contributed by atoms with Gasteiger partial charge in [0.1, 0.15) is 22.3 Å². The van der Waals surface area contributed by atoms with Gasteiger partial charge in [0.25, 0.3) is 0 Å². The summed E-state index contributed by atoms with van der Waals surface area (Å²) in [5.74, 6) is 1.96. The van der Waals surface area contributed by atoms with Crippen LogP contribution in [-0.4, -0.2) is 9.97 Å². The van der Waals surface area contributed by atoms with Crippen LogP contribution < -0.4 is 5.32 Å². The highest BCUT2D eigenvalue weighted by atomic mass is 79.9. The number of hydrogen-bond donors (Lipinski definition) is 1. The van der Waals surface area contributed by atoms with E-state index in [0.29, 0.717) is 28.0 Å². The second kappa shape index (κ2) is 5.39. The number of rotatable bonds is 3. The van der Waals surface area contributed by atoms with Gasteiger partial charge in [-0.15, -0.1) is 0 Å². The Morgan fingerprint density at radius 3 is 2.80 bits per heavy atom. The molecule has 2 aromatic rings. The third kappa shape index (κ3) is 2.92. The van der Waals surface area contributed by atoms with Crippen molar-refractivity contribution in [3.8, 4) is 6.07 Å². The second-order valence-electron chi connectivity index (χ2n) is 4.64. The van der Waals surface area contributed by atoms with Crippen molar-refractivity contribution >= 4 is 39.0 Å². The maximum absolute atomic E-state index is 9.12. The lowest BCUT2D eigenvalue weighted by Gasteiger charge is -2.09. The molecule has 1 aromatic carbocycles. The monoisotopic (exact) mass is 348 g/mol. The van der Waals surface area contributed by atoms with Crippen molar-refractivity contribution in [1.29, 1.82) is 5.26 Å². The normalized spacial score (nSPS) is 13.8. The maximum atomic E-state index is 9.12. The molecule has 0 atom stereocenters. The summed E-state index contributed by atoms with van der Waals surface area (Å²) in [6.07, 6.45) is 2.27. The molecule has 1 aliphatic rings. The van der Waals surface area contributed by atoms with Gasteiger partial charge in [0, 0.05) is 17.0 Å². The Kier molecular flexibility index (Phi) is 3.60. The predicted molar refractivity (Wildman–Crippen MR) is 81.2 cm³/mol. The number of benzene rings is 1. The van der Waals surface area contributed by atoms with Gasteiger partial charge >= 0.3 is 0 Å². The van der Waals surface area contributed by atoms with E-state index in [1.807, 2.05) is 0 Å². The van der Waals surface area contributed by atoms with E-state index in [1.54, 1.807) is 24.3 Å². The number of nitriles is 1. The van der Waals surface area contributed by atoms with Crippen LogP contribution in [0.3, 0.4) is 0 Å². The second-order valence-corrected chi connectivity index (χ2v) is 5.88.